The molecule has 6 rings (SSSR count). The number of fused-ring (bicyclic) bond motifs is 2. The second-order valence-corrected chi connectivity index (χ2v) is 14.9. The highest BCUT2D eigenvalue weighted by molar-refractivity contribution is 5.97. The summed E-state index contributed by atoms with van der Waals surface area (Å²) in [5, 5.41) is 24.8. The van der Waals surface area contributed by atoms with Crippen molar-refractivity contribution < 1.29 is 33.9 Å². The smallest absolute Gasteiger partial charge is 0.246 e. The Labute approximate surface area is 321 Å². The molecule has 0 radical (unpaired) electrons. The first kappa shape index (κ1) is 39.1. The highest BCUT2D eigenvalue weighted by atomic mass is 16.3. The summed E-state index contributed by atoms with van der Waals surface area (Å²) < 4.78 is 0. The number of nitrogens with zero attached hydrogens (tertiary/aromatic N) is 1. The molecular weight excluding hydrogens is 700 g/mol. The van der Waals surface area contributed by atoms with Crippen LogP contribution in [0.5, 0.6) is 0 Å². The van der Waals surface area contributed by atoms with E-state index in [0.717, 1.165) is 16.7 Å². The number of hydrogen-bond donors (Lipinski definition) is 6. The number of aliphatic hydroxyl groups excluding tert-OH is 1. The van der Waals surface area contributed by atoms with Gasteiger partial charge in [0.25, 0.3) is 0 Å². The zero-order chi connectivity index (χ0) is 39.1. The number of benzene rings is 3. The number of aliphatic hydroxyl groups is 1. The zero-order valence-electron chi connectivity index (χ0n) is 31.2. The van der Waals surface area contributed by atoms with Gasteiger partial charge in [0, 0.05) is 37.4 Å². The molecule has 1 aliphatic carbocycles. The predicted octanol–water partition coefficient (Wildman–Crippen LogP) is 1.69. The molecule has 2 heterocycles. The van der Waals surface area contributed by atoms with E-state index in [1.165, 1.54) is 18.7 Å². The lowest BCUT2D eigenvalue weighted by Gasteiger charge is -2.32. The Balaban J connectivity index is 1.29. The zero-order valence-corrected chi connectivity index (χ0v) is 31.2. The van der Waals surface area contributed by atoms with Crippen LogP contribution in [0.2, 0.25) is 0 Å². The summed E-state index contributed by atoms with van der Waals surface area (Å²) in [5.41, 5.74) is 2.66. The van der Waals surface area contributed by atoms with E-state index in [-0.39, 0.29) is 37.6 Å². The summed E-state index contributed by atoms with van der Waals surface area (Å²) in [6.07, 6.45) is 0.567. The predicted molar refractivity (Wildman–Crippen MR) is 204 cm³/mol. The molecule has 6 N–H and O–H groups in total. The summed E-state index contributed by atoms with van der Waals surface area (Å²) in [6.45, 7) is 2.88. The molecule has 0 unspecified atom stereocenters. The maximum Gasteiger partial charge on any atom is 0.246 e. The number of carbonyl (C=O) groups excluding carboxylic acids is 6. The second-order valence-electron chi connectivity index (χ2n) is 14.9. The summed E-state index contributed by atoms with van der Waals surface area (Å²) >= 11 is 0. The lowest BCUT2D eigenvalue weighted by molar-refractivity contribution is -0.143. The van der Waals surface area contributed by atoms with E-state index in [0.29, 0.717) is 19.3 Å². The molecule has 8 atom stereocenters. The average Bonchev–Trinajstić information content (AvgIpc) is 3.83. The van der Waals surface area contributed by atoms with Gasteiger partial charge < -0.3 is 36.6 Å². The van der Waals surface area contributed by atoms with Gasteiger partial charge in [0.1, 0.15) is 24.2 Å². The van der Waals surface area contributed by atoms with E-state index in [1.54, 1.807) is 24.3 Å². The van der Waals surface area contributed by atoms with Crippen LogP contribution < -0.4 is 26.6 Å². The van der Waals surface area contributed by atoms with Crippen molar-refractivity contribution in [3.05, 3.63) is 108 Å². The van der Waals surface area contributed by atoms with Gasteiger partial charge in [-0.2, -0.15) is 0 Å². The van der Waals surface area contributed by atoms with Crippen LogP contribution in [0.15, 0.2) is 91.0 Å². The fourth-order valence-electron chi connectivity index (χ4n) is 8.01. The summed E-state index contributed by atoms with van der Waals surface area (Å²) in [5.74, 6) is -4.10. The van der Waals surface area contributed by atoms with Gasteiger partial charge in [-0.3, -0.25) is 28.8 Å². The number of amides is 6. The van der Waals surface area contributed by atoms with Gasteiger partial charge >= 0.3 is 0 Å². The van der Waals surface area contributed by atoms with Crippen molar-refractivity contribution in [1.82, 2.24) is 31.5 Å². The van der Waals surface area contributed by atoms with Gasteiger partial charge in [0.2, 0.25) is 35.4 Å². The third-order valence-electron chi connectivity index (χ3n) is 10.9. The summed E-state index contributed by atoms with van der Waals surface area (Å²) in [7, 11) is 0. The molecule has 2 aliphatic heterocycles. The molecule has 0 bridgehead atoms. The molecule has 0 aromatic heterocycles. The van der Waals surface area contributed by atoms with E-state index in [2.05, 4.69) is 26.6 Å². The quantitative estimate of drug-likeness (QED) is 0.202. The molecule has 0 spiro atoms. The Morgan fingerprint density at radius 3 is 2.02 bits per heavy atom. The van der Waals surface area contributed by atoms with Crippen LogP contribution in [-0.2, 0) is 35.2 Å². The second kappa shape index (κ2) is 17.7. The van der Waals surface area contributed by atoms with Crippen molar-refractivity contribution in [2.75, 3.05) is 6.54 Å². The summed E-state index contributed by atoms with van der Waals surface area (Å²) in [4.78, 5) is 84.5. The molecule has 6 amide bonds. The fourth-order valence-corrected chi connectivity index (χ4v) is 8.01. The molecule has 3 aliphatic rings. The Hall–Kier alpha value is -5.56. The van der Waals surface area contributed by atoms with Gasteiger partial charge in [-0.25, -0.2) is 0 Å². The fraction of sp³-hybridized carbons (Fsp3) is 0.429. The molecule has 3 fully saturated rings. The molecule has 290 valence electrons. The summed E-state index contributed by atoms with van der Waals surface area (Å²) in [6, 6.07) is 22.6. The van der Waals surface area contributed by atoms with Crippen molar-refractivity contribution in [2.45, 2.75) is 101 Å². The lowest BCUT2D eigenvalue weighted by atomic mass is 9.88. The first-order valence-corrected chi connectivity index (χ1v) is 19.1. The highest BCUT2D eigenvalue weighted by Gasteiger charge is 2.45. The van der Waals surface area contributed by atoms with Crippen LogP contribution in [0.3, 0.4) is 0 Å². The van der Waals surface area contributed by atoms with Crippen LogP contribution in [0.1, 0.15) is 68.6 Å². The van der Waals surface area contributed by atoms with Crippen molar-refractivity contribution in [2.24, 2.45) is 5.92 Å². The third kappa shape index (κ3) is 9.58. The highest BCUT2D eigenvalue weighted by Crippen LogP contribution is 2.29. The van der Waals surface area contributed by atoms with Crippen molar-refractivity contribution in [1.29, 1.82) is 0 Å². The van der Waals surface area contributed by atoms with Crippen molar-refractivity contribution in [3.63, 3.8) is 0 Å². The SMILES string of the molecule is C[C@@H]1NC(=O)[C@@H]2C[C@@H](NC(=O)CC(c3ccccc3)c3ccccc3)CN2C(=O)[C@H](Cc2ccccc2)NC(=O)[C@H]([C@@H](C)O)NC(=O)[C@@H]2CCC[C@H]2NC1=O. The van der Waals surface area contributed by atoms with Crippen LogP contribution in [0.4, 0.5) is 0 Å². The third-order valence-corrected chi connectivity index (χ3v) is 10.9. The van der Waals surface area contributed by atoms with E-state index >= 15 is 0 Å². The molecular formula is C42H50N6O7. The lowest BCUT2D eigenvalue weighted by Crippen LogP contribution is -2.61. The Morgan fingerprint density at radius 2 is 1.40 bits per heavy atom. The number of nitrogens with one attached hydrogen (secondary N) is 5. The normalized spacial score (nSPS) is 26.9. The van der Waals surface area contributed by atoms with Gasteiger partial charge in [0.15, 0.2) is 0 Å². The Bertz CT molecular complexity index is 1800. The van der Waals surface area contributed by atoms with E-state index in [4.69, 9.17) is 0 Å². The van der Waals surface area contributed by atoms with E-state index < -0.39 is 77.8 Å². The number of rotatable bonds is 8. The van der Waals surface area contributed by atoms with E-state index in [9.17, 15) is 33.9 Å². The Kier molecular flexibility index (Phi) is 12.6. The van der Waals surface area contributed by atoms with Gasteiger partial charge in [-0.15, -0.1) is 0 Å². The minimum Gasteiger partial charge on any atom is -0.391 e. The van der Waals surface area contributed by atoms with Crippen LogP contribution in [-0.4, -0.2) is 94.3 Å². The molecule has 55 heavy (non-hydrogen) atoms. The van der Waals surface area contributed by atoms with Crippen molar-refractivity contribution >= 4 is 35.4 Å². The number of hydrogen-bond acceptors (Lipinski definition) is 7. The minimum absolute atomic E-state index is 0.0357. The first-order valence-electron chi connectivity index (χ1n) is 19.1. The first-order chi connectivity index (χ1) is 26.5. The number of carbonyl (C=O) groups is 6. The van der Waals surface area contributed by atoms with Crippen LogP contribution in [0.25, 0.3) is 0 Å². The molecule has 1 saturated carbocycles. The van der Waals surface area contributed by atoms with Crippen LogP contribution >= 0.6 is 0 Å². The molecule has 3 aromatic carbocycles. The molecule has 3 aromatic rings. The molecule has 13 heteroatoms. The van der Waals surface area contributed by atoms with Crippen LogP contribution in [0, 0.1) is 5.92 Å². The van der Waals surface area contributed by atoms with Gasteiger partial charge in [-0.1, -0.05) is 97.4 Å². The van der Waals surface area contributed by atoms with E-state index in [1.807, 2.05) is 66.7 Å². The standard InChI is InChI=1S/C42H50N6O7/c1-25-38(51)45-33-20-12-19-31(33)39(52)47-37(26(2)49)41(54)46-34(21-27-13-6-3-7-14-27)42(55)48-24-30(22-35(48)40(53)43-25)44-36(50)23-32(28-15-8-4-9-16-28)29-17-10-5-11-18-29/h3-11,13-18,25-26,30-35,37,49H,12,19-24H2,1-2H3,(H,43,53)(H,44,50)(H,45,51)(H,46,54)(H,47,52)/t25-,26+,30+,31+,33+,34-,35-,37-/m0/s1. The molecule has 13 nitrogen and oxygen atoms in total. The monoisotopic (exact) mass is 750 g/mol. The Morgan fingerprint density at radius 1 is 0.782 bits per heavy atom. The maximum atomic E-state index is 14.6. The van der Waals surface area contributed by atoms with Crippen molar-refractivity contribution in [3.8, 4) is 0 Å². The topological polar surface area (TPSA) is 186 Å². The van der Waals surface area contributed by atoms with Gasteiger partial charge in [-0.05, 0) is 49.8 Å². The molecule has 2 saturated heterocycles. The van der Waals surface area contributed by atoms with Gasteiger partial charge in [0.05, 0.1) is 12.0 Å². The minimum atomic E-state index is -1.39. The largest absolute Gasteiger partial charge is 0.391 e. The maximum absolute atomic E-state index is 14.6. The average molecular weight is 751 g/mol.